The molecule has 0 aromatic heterocycles. The topological polar surface area (TPSA) is 38.3 Å². The molecule has 0 aliphatic heterocycles. The van der Waals surface area contributed by atoms with Gasteiger partial charge in [-0.3, -0.25) is 4.79 Å². The minimum Gasteiger partial charge on any atom is -0.482 e. The standard InChI is InChI=1S/C11H12Cl3NO2/c1-2-3-15-11(16)6-17-10-5-8(13)7(12)4-9(10)14/h4-5H,2-3,6H2,1H3,(H,15,16). The maximum atomic E-state index is 11.3. The summed E-state index contributed by atoms with van der Waals surface area (Å²) in [5.74, 6) is 0.140. The summed E-state index contributed by atoms with van der Waals surface area (Å²) in [7, 11) is 0. The van der Waals surface area contributed by atoms with Crippen molar-refractivity contribution < 1.29 is 9.53 Å². The summed E-state index contributed by atoms with van der Waals surface area (Å²) in [6.45, 7) is 2.49. The number of benzene rings is 1. The molecule has 94 valence electrons. The monoisotopic (exact) mass is 295 g/mol. The van der Waals surface area contributed by atoms with Crippen LogP contribution in [0.1, 0.15) is 13.3 Å². The van der Waals surface area contributed by atoms with E-state index >= 15 is 0 Å². The molecule has 0 saturated carbocycles. The third kappa shape index (κ3) is 4.62. The van der Waals surface area contributed by atoms with Gasteiger partial charge in [0.1, 0.15) is 5.75 Å². The van der Waals surface area contributed by atoms with E-state index in [4.69, 9.17) is 39.5 Å². The molecular weight excluding hydrogens is 284 g/mol. The van der Waals surface area contributed by atoms with Gasteiger partial charge in [-0.15, -0.1) is 0 Å². The lowest BCUT2D eigenvalue weighted by molar-refractivity contribution is -0.123. The van der Waals surface area contributed by atoms with Gasteiger partial charge in [0.15, 0.2) is 6.61 Å². The first-order valence-corrected chi connectivity index (χ1v) is 6.22. The quantitative estimate of drug-likeness (QED) is 0.844. The number of carbonyl (C=O) groups excluding carboxylic acids is 1. The average molecular weight is 297 g/mol. The first-order chi connectivity index (χ1) is 8.04. The SMILES string of the molecule is CCCNC(=O)COc1cc(Cl)c(Cl)cc1Cl. The van der Waals surface area contributed by atoms with Crippen LogP contribution < -0.4 is 10.1 Å². The Morgan fingerprint density at radius 3 is 2.53 bits per heavy atom. The smallest absolute Gasteiger partial charge is 0.257 e. The van der Waals surface area contributed by atoms with Crippen LogP contribution in [0.2, 0.25) is 15.1 Å². The number of rotatable bonds is 5. The van der Waals surface area contributed by atoms with Crippen molar-refractivity contribution in [2.45, 2.75) is 13.3 Å². The molecule has 0 spiro atoms. The second-order valence-electron chi connectivity index (χ2n) is 3.34. The van der Waals surface area contributed by atoms with E-state index in [0.717, 1.165) is 6.42 Å². The molecule has 1 aromatic carbocycles. The number of halogens is 3. The highest BCUT2D eigenvalue weighted by Gasteiger charge is 2.09. The van der Waals surface area contributed by atoms with Gasteiger partial charge in [-0.05, 0) is 12.5 Å². The summed E-state index contributed by atoms with van der Waals surface area (Å²) in [4.78, 5) is 11.3. The number of ether oxygens (including phenoxy) is 1. The first kappa shape index (κ1) is 14.4. The molecule has 1 N–H and O–H groups in total. The van der Waals surface area contributed by atoms with Gasteiger partial charge in [-0.1, -0.05) is 41.7 Å². The lowest BCUT2D eigenvalue weighted by atomic mass is 10.3. The highest BCUT2D eigenvalue weighted by molar-refractivity contribution is 6.43. The molecule has 0 heterocycles. The van der Waals surface area contributed by atoms with Gasteiger partial charge in [0.25, 0.3) is 5.91 Å². The Hall–Kier alpha value is -0.640. The van der Waals surface area contributed by atoms with Gasteiger partial charge >= 0.3 is 0 Å². The molecule has 0 bridgehead atoms. The van der Waals surface area contributed by atoms with Gasteiger partial charge in [0.2, 0.25) is 0 Å². The Morgan fingerprint density at radius 2 is 1.88 bits per heavy atom. The molecule has 0 aliphatic carbocycles. The summed E-state index contributed by atoms with van der Waals surface area (Å²) in [5.41, 5.74) is 0. The number of amides is 1. The van der Waals surface area contributed by atoms with E-state index in [0.29, 0.717) is 27.4 Å². The molecular formula is C11H12Cl3NO2. The Morgan fingerprint density at radius 1 is 1.24 bits per heavy atom. The molecule has 6 heteroatoms. The van der Waals surface area contributed by atoms with Crippen LogP contribution in [0.4, 0.5) is 0 Å². The average Bonchev–Trinajstić information content (AvgIpc) is 2.29. The summed E-state index contributed by atoms with van der Waals surface area (Å²) in [6.07, 6.45) is 0.874. The largest absolute Gasteiger partial charge is 0.482 e. The highest BCUT2D eigenvalue weighted by atomic mass is 35.5. The van der Waals surface area contributed by atoms with E-state index in [1.54, 1.807) is 0 Å². The van der Waals surface area contributed by atoms with Gasteiger partial charge in [0, 0.05) is 12.6 Å². The summed E-state index contributed by atoms with van der Waals surface area (Å²) < 4.78 is 5.24. The van der Waals surface area contributed by atoms with Crippen molar-refractivity contribution in [3.63, 3.8) is 0 Å². The van der Waals surface area contributed by atoms with E-state index in [1.807, 2.05) is 6.92 Å². The normalized spacial score (nSPS) is 10.1. The van der Waals surface area contributed by atoms with Gasteiger partial charge in [0.05, 0.1) is 15.1 Å². The van der Waals surface area contributed by atoms with E-state index in [-0.39, 0.29) is 12.5 Å². The minimum absolute atomic E-state index is 0.0995. The lowest BCUT2D eigenvalue weighted by Gasteiger charge is -2.09. The second kappa shape index (κ2) is 6.94. The fourth-order valence-corrected chi connectivity index (χ4v) is 1.67. The zero-order valence-electron chi connectivity index (χ0n) is 9.23. The van der Waals surface area contributed by atoms with E-state index in [1.165, 1.54) is 12.1 Å². The summed E-state index contributed by atoms with van der Waals surface area (Å²) in [6, 6.07) is 2.96. The van der Waals surface area contributed by atoms with E-state index < -0.39 is 0 Å². The Bertz CT molecular complexity index is 410. The fraction of sp³-hybridized carbons (Fsp3) is 0.364. The molecule has 1 amide bonds. The zero-order valence-corrected chi connectivity index (χ0v) is 11.5. The molecule has 0 saturated heterocycles. The molecule has 0 aliphatic rings. The van der Waals surface area contributed by atoms with Crippen molar-refractivity contribution in [1.29, 1.82) is 0 Å². The Kier molecular flexibility index (Phi) is 5.89. The zero-order chi connectivity index (χ0) is 12.8. The van der Waals surface area contributed by atoms with Crippen molar-refractivity contribution in [3.8, 4) is 5.75 Å². The predicted octanol–water partition coefficient (Wildman–Crippen LogP) is 3.55. The maximum absolute atomic E-state index is 11.3. The summed E-state index contributed by atoms with van der Waals surface area (Å²) in [5, 5.41) is 3.68. The van der Waals surface area contributed by atoms with Crippen LogP contribution in [0, 0.1) is 0 Å². The molecule has 0 radical (unpaired) electrons. The first-order valence-electron chi connectivity index (χ1n) is 5.08. The van der Waals surface area contributed by atoms with E-state index in [9.17, 15) is 4.79 Å². The van der Waals surface area contributed by atoms with Crippen LogP contribution in [-0.4, -0.2) is 19.1 Å². The highest BCUT2D eigenvalue weighted by Crippen LogP contribution is 2.33. The van der Waals surface area contributed by atoms with E-state index in [2.05, 4.69) is 5.32 Å². The molecule has 0 unspecified atom stereocenters. The molecule has 1 aromatic rings. The van der Waals surface area contributed by atoms with Crippen molar-refractivity contribution >= 4 is 40.7 Å². The fourth-order valence-electron chi connectivity index (χ4n) is 1.07. The predicted molar refractivity (Wildman–Crippen MR) is 70.3 cm³/mol. The van der Waals surface area contributed by atoms with Crippen LogP contribution in [0.5, 0.6) is 5.75 Å². The van der Waals surface area contributed by atoms with Crippen LogP contribution in [0.15, 0.2) is 12.1 Å². The third-order valence-corrected chi connectivity index (χ3v) is 2.92. The van der Waals surface area contributed by atoms with Gasteiger partial charge < -0.3 is 10.1 Å². The van der Waals surface area contributed by atoms with Gasteiger partial charge in [-0.25, -0.2) is 0 Å². The molecule has 0 atom stereocenters. The minimum atomic E-state index is -0.200. The molecule has 0 fully saturated rings. The summed E-state index contributed by atoms with van der Waals surface area (Å²) >= 11 is 17.5. The number of nitrogens with one attached hydrogen (secondary N) is 1. The maximum Gasteiger partial charge on any atom is 0.257 e. The van der Waals surface area contributed by atoms with Crippen LogP contribution >= 0.6 is 34.8 Å². The number of carbonyl (C=O) groups is 1. The van der Waals surface area contributed by atoms with Crippen molar-refractivity contribution in [2.24, 2.45) is 0 Å². The van der Waals surface area contributed by atoms with Crippen molar-refractivity contribution in [2.75, 3.05) is 13.2 Å². The second-order valence-corrected chi connectivity index (χ2v) is 4.56. The molecule has 3 nitrogen and oxygen atoms in total. The third-order valence-electron chi connectivity index (χ3n) is 1.91. The van der Waals surface area contributed by atoms with Crippen LogP contribution in [0.25, 0.3) is 0 Å². The Balaban J connectivity index is 2.57. The van der Waals surface area contributed by atoms with Crippen LogP contribution in [-0.2, 0) is 4.79 Å². The molecule has 17 heavy (non-hydrogen) atoms. The van der Waals surface area contributed by atoms with Crippen molar-refractivity contribution in [1.82, 2.24) is 5.32 Å². The lowest BCUT2D eigenvalue weighted by Crippen LogP contribution is -2.29. The molecule has 1 rings (SSSR count). The van der Waals surface area contributed by atoms with Gasteiger partial charge in [-0.2, -0.15) is 0 Å². The number of hydrogen-bond acceptors (Lipinski definition) is 2. The Labute approximate surface area is 115 Å². The van der Waals surface area contributed by atoms with Crippen LogP contribution in [0.3, 0.4) is 0 Å². The number of hydrogen-bond donors (Lipinski definition) is 1. The van der Waals surface area contributed by atoms with Crippen molar-refractivity contribution in [3.05, 3.63) is 27.2 Å².